The van der Waals surface area contributed by atoms with E-state index in [-0.39, 0.29) is 0 Å². The van der Waals surface area contributed by atoms with Crippen LogP contribution < -0.4 is 0 Å². The molecule has 1 aromatic rings. The van der Waals surface area contributed by atoms with E-state index in [1.54, 1.807) is 0 Å². The molecule has 0 saturated carbocycles. The fourth-order valence-electron chi connectivity index (χ4n) is 0.828. The molecule has 1 nitrogen and oxygen atoms in total. The molecule has 0 heterocycles. The lowest BCUT2D eigenvalue weighted by molar-refractivity contribution is 0.592. The van der Waals surface area contributed by atoms with Crippen molar-refractivity contribution in [2.45, 2.75) is 6.16 Å². The van der Waals surface area contributed by atoms with Crippen LogP contribution in [0.15, 0.2) is 42.7 Å². The van der Waals surface area contributed by atoms with Crippen molar-refractivity contribution in [2.24, 2.45) is 0 Å². The fraction of sp³-hybridized carbons (Fsp3) is 0.111. The van der Waals surface area contributed by atoms with Crippen LogP contribution in [0, 0.1) is 0 Å². The monoisotopic (exact) mass is 165 g/mol. The van der Waals surface area contributed by atoms with E-state index >= 15 is 0 Å². The summed E-state index contributed by atoms with van der Waals surface area (Å²) in [5.41, 5.74) is 1.11. The van der Waals surface area contributed by atoms with Gasteiger partial charge < -0.3 is 0 Å². The highest BCUT2D eigenvalue weighted by molar-refractivity contribution is 7.47. The molecular weight excluding hydrogens is 155 g/mol. The van der Waals surface area contributed by atoms with Crippen LogP contribution in [0.3, 0.4) is 0 Å². The van der Waals surface area contributed by atoms with Crippen LogP contribution in [-0.2, 0) is 10.7 Å². The van der Waals surface area contributed by atoms with Gasteiger partial charge in [-0.2, -0.15) is 0 Å². The van der Waals surface area contributed by atoms with Gasteiger partial charge in [-0.05, 0) is 11.4 Å². The van der Waals surface area contributed by atoms with E-state index in [1.165, 1.54) is 5.82 Å². The highest BCUT2D eigenvalue weighted by Crippen LogP contribution is 2.26. The Balaban J connectivity index is 2.65. The second-order valence-corrected chi connectivity index (χ2v) is 3.76. The van der Waals surface area contributed by atoms with Crippen LogP contribution in [0.1, 0.15) is 5.56 Å². The first kappa shape index (κ1) is 8.16. The Labute approximate surface area is 67.5 Å². The van der Waals surface area contributed by atoms with Crippen LogP contribution in [0.2, 0.25) is 0 Å². The van der Waals surface area contributed by atoms with Gasteiger partial charge in [-0.15, -0.1) is 0 Å². The summed E-state index contributed by atoms with van der Waals surface area (Å²) >= 11 is 0. The molecule has 1 radical (unpaired) electrons. The molecule has 11 heavy (non-hydrogen) atoms. The molecule has 0 aromatic heterocycles. The highest BCUT2D eigenvalue weighted by atomic mass is 31.1. The van der Waals surface area contributed by atoms with E-state index in [1.807, 2.05) is 30.3 Å². The molecule has 0 bridgehead atoms. The number of benzene rings is 1. The van der Waals surface area contributed by atoms with E-state index in [9.17, 15) is 4.57 Å². The second-order valence-electron chi connectivity index (χ2n) is 2.24. The summed E-state index contributed by atoms with van der Waals surface area (Å²) < 4.78 is 11.0. The minimum atomic E-state index is -1.24. The number of hydrogen-bond donors (Lipinski definition) is 0. The normalized spacial score (nSPS) is 10.7. The van der Waals surface area contributed by atoms with Gasteiger partial charge in [-0.3, -0.25) is 4.57 Å². The molecule has 1 atom stereocenters. The minimum Gasteiger partial charge on any atom is -0.282 e. The summed E-state index contributed by atoms with van der Waals surface area (Å²) in [6.07, 6.45) is 0.611. The van der Waals surface area contributed by atoms with Crippen LogP contribution >= 0.6 is 7.80 Å². The van der Waals surface area contributed by atoms with Gasteiger partial charge in [-0.25, -0.2) is 0 Å². The van der Waals surface area contributed by atoms with Crippen molar-refractivity contribution in [3.8, 4) is 0 Å². The van der Waals surface area contributed by atoms with Crippen molar-refractivity contribution in [1.29, 1.82) is 0 Å². The largest absolute Gasteiger partial charge is 0.282 e. The summed E-state index contributed by atoms with van der Waals surface area (Å²) in [6, 6.07) is 9.78. The predicted molar refractivity (Wildman–Crippen MR) is 47.9 cm³/mol. The molecule has 57 valence electrons. The molecule has 0 spiro atoms. The van der Waals surface area contributed by atoms with E-state index in [0.717, 1.165) is 5.56 Å². The SMILES string of the molecule is C=C[P](=O)Cc1ccccc1. The summed E-state index contributed by atoms with van der Waals surface area (Å²) in [7, 11) is -1.24. The minimum absolute atomic E-state index is 0.611. The Kier molecular flexibility index (Phi) is 3.00. The maximum absolute atomic E-state index is 11.0. The predicted octanol–water partition coefficient (Wildman–Crippen LogP) is 3.16. The summed E-state index contributed by atoms with van der Waals surface area (Å²) in [4.78, 5) is 0. The highest BCUT2D eigenvalue weighted by Gasteiger charge is 1.95. The zero-order valence-corrected chi connectivity index (χ0v) is 7.13. The Morgan fingerprint density at radius 2 is 2.00 bits per heavy atom. The van der Waals surface area contributed by atoms with Crippen LogP contribution in [0.5, 0.6) is 0 Å². The average Bonchev–Trinajstić information content (AvgIpc) is 2.06. The van der Waals surface area contributed by atoms with Gasteiger partial charge in [0.2, 0.25) is 0 Å². The van der Waals surface area contributed by atoms with Gasteiger partial charge in [-0.1, -0.05) is 36.9 Å². The van der Waals surface area contributed by atoms with E-state index in [0.29, 0.717) is 6.16 Å². The first-order valence-corrected chi connectivity index (χ1v) is 4.94. The number of rotatable bonds is 3. The van der Waals surface area contributed by atoms with Gasteiger partial charge >= 0.3 is 0 Å². The average molecular weight is 165 g/mol. The molecule has 0 amide bonds. The number of hydrogen-bond acceptors (Lipinski definition) is 1. The van der Waals surface area contributed by atoms with Gasteiger partial charge in [0.15, 0.2) is 0 Å². The van der Waals surface area contributed by atoms with Crippen molar-refractivity contribution in [3.05, 3.63) is 48.3 Å². The van der Waals surface area contributed by atoms with E-state index in [2.05, 4.69) is 6.58 Å². The smallest absolute Gasteiger partial charge is 0.100 e. The van der Waals surface area contributed by atoms with Crippen LogP contribution in [0.4, 0.5) is 0 Å². The van der Waals surface area contributed by atoms with Gasteiger partial charge in [0, 0.05) is 6.16 Å². The lowest BCUT2D eigenvalue weighted by Crippen LogP contribution is -1.75. The Morgan fingerprint density at radius 3 is 2.55 bits per heavy atom. The topological polar surface area (TPSA) is 17.1 Å². The third-order valence-corrected chi connectivity index (χ3v) is 2.47. The van der Waals surface area contributed by atoms with E-state index in [4.69, 9.17) is 0 Å². The van der Waals surface area contributed by atoms with Crippen LogP contribution in [0.25, 0.3) is 0 Å². The Bertz CT molecular complexity index is 254. The quantitative estimate of drug-likeness (QED) is 0.628. The third kappa shape index (κ3) is 2.65. The summed E-state index contributed by atoms with van der Waals surface area (Å²) in [5.74, 6) is 1.50. The third-order valence-electron chi connectivity index (χ3n) is 1.38. The standard InChI is InChI=1S/C9H10OP/c1-2-11(10)8-9-6-4-3-5-7-9/h2-7H,1,8H2. The molecule has 2 heteroatoms. The maximum atomic E-state index is 11.0. The molecule has 0 fully saturated rings. The fourth-order valence-corrected chi connectivity index (χ4v) is 1.53. The lowest BCUT2D eigenvalue weighted by atomic mass is 10.2. The van der Waals surface area contributed by atoms with E-state index < -0.39 is 7.80 Å². The first-order valence-electron chi connectivity index (χ1n) is 3.43. The molecular formula is C9H10OP. The van der Waals surface area contributed by atoms with Crippen molar-refractivity contribution >= 4 is 7.80 Å². The zero-order valence-electron chi connectivity index (χ0n) is 6.23. The molecule has 1 rings (SSSR count). The Hall–Kier alpha value is -0.940. The molecule has 0 aliphatic carbocycles. The molecule has 0 N–H and O–H groups in total. The van der Waals surface area contributed by atoms with Gasteiger partial charge in [0.1, 0.15) is 7.80 Å². The van der Waals surface area contributed by atoms with Crippen molar-refractivity contribution in [1.82, 2.24) is 0 Å². The van der Waals surface area contributed by atoms with Crippen LogP contribution in [-0.4, -0.2) is 0 Å². The molecule has 0 aliphatic rings. The molecule has 1 aromatic carbocycles. The van der Waals surface area contributed by atoms with Crippen molar-refractivity contribution in [2.75, 3.05) is 0 Å². The van der Waals surface area contributed by atoms with Gasteiger partial charge in [0.25, 0.3) is 0 Å². The van der Waals surface area contributed by atoms with Gasteiger partial charge in [0.05, 0.1) is 0 Å². The lowest BCUT2D eigenvalue weighted by Gasteiger charge is -1.94. The second kappa shape index (κ2) is 4.05. The van der Waals surface area contributed by atoms with Crippen molar-refractivity contribution < 1.29 is 4.57 Å². The van der Waals surface area contributed by atoms with Crippen molar-refractivity contribution in [3.63, 3.8) is 0 Å². The summed E-state index contributed by atoms with van der Waals surface area (Å²) in [6.45, 7) is 3.47. The molecule has 1 unspecified atom stereocenters. The maximum Gasteiger partial charge on any atom is 0.100 e. The zero-order chi connectivity index (χ0) is 8.10. The first-order chi connectivity index (χ1) is 5.33. The molecule has 0 saturated heterocycles. The Morgan fingerprint density at radius 1 is 1.36 bits per heavy atom. The summed E-state index contributed by atoms with van der Waals surface area (Å²) in [5, 5.41) is 0. The molecule has 0 aliphatic heterocycles.